The Kier molecular flexibility index (Phi) is 8.94. The molecule has 1 unspecified atom stereocenters. The van der Waals surface area contributed by atoms with Crippen LogP contribution in [0.3, 0.4) is 0 Å². The molecular formula is C21H28BrNO. The minimum Gasteiger partial charge on any atom is -1.00 e. The molecule has 2 aromatic rings. The lowest BCUT2D eigenvalue weighted by Crippen LogP contribution is -3.00. The zero-order chi connectivity index (χ0) is 16.5. The number of amides is 1. The van der Waals surface area contributed by atoms with Crippen LogP contribution < -0.4 is 17.0 Å². The van der Waals surface area contributed by atoms with Crippen LogP contribution >= 0.6 is 0 Å². The zero-order valence-electron chi connectivity index (χ0n) is 14.7. The van der Waals surface area contributed by atoms with E-state index in [1.54, 1.807) is 0 Å². The third kappa shape index (κ3) is 5.29. The van der Waals surface area contributed by atoms with Crippen LogP contribution in [-0.4, -0.2) is 24.5 Å². The molecule has 0 aromatic heterocycles. The molecule has 0 saturated carbocycles. The molecule has 24 heavy (non-hydrogen) atoms. The Morgan fingerprint density at radius 3 is 1.79 bits per heavy atom. The van der Waals surface area contributed by atoms with Gasteiger partial charge in [0.05, 0.1) is 13.6 Å². The van der Waals surface area contributed by atoms with Crippen LogP contribution in [-0.2, 0) is 4.79 Å². The maximum Gasteiger partial charge on any atom is 0.302 e. The van der Waals surface area contributed by atoms with Gasteiger partial charge in [0.1, 0.15) is 6.04 Å². The molecule has 0 radical (unpaired) electrons. The normalized spacial score (nSPS) is 13.1. The second kappa shape index (κ2) is 10.4. The van der Waals surface area contributed by atoms with Crippen LogP contribution in [0, 0.1) is 0 Å². The molecule has 0 fully saturated rings. The zero-order valence-corrected chi connectivity index (χ0v) is 16.3. The van der Waals surface area contributed by atoms with Crippen LogP contribution in [0.2, 0.25) is 0 Å². The SMILES string of the molecule is CCCCCC[N+](C)(C=O)C(c1ccccc1)c1ccccc1.[Br-]. The van der Waals surface area contributed by atoms with Crippen molar-refractivity contribution in [2.75, 3.05) is 13.6 Å². The van der Waals surface area contributed by atoms with Gasteiger partial charge in [0.15, 0.2) is 0 Å². The highest BCUT2D eigenvalue weighted by Gasteiger charge is 2.34. The van der Waals surface area contributed by atoms with E-state index < -0.39 is 0 Å². The molecular weight excluding hydrogens is 362 g/mol. The standard InChI is InChI=1S/C21H28NO.BrH/c1-3-4-5-12-17-22(2,18-23)21(19-13-8-6-9-14-19)20-15-10-7-11-16-20;/h6-11,13-16,18,21H,3-5,12,17H2,1-2H3;1H/q+1;/p-1. The van der Waals surface area contributed by atoms with Gasteiger partial charge in [0.25, 0.3) is 0 Å². The van der Waals surface area contributed by atoms with E-state index in [9.17, 15) is 4.79 Å². The first kappa shape index (κ1) is 20.6. The summed E-state index contributed by atoms with van der Waals surface area (Å²) in [5.41, 5.74) is 2.40. The van der Waals surface area contributed by atoms with Crippen molar-refractivity contribution in [3.05, 3.63) is 71.8 Å². The summed E-state index contributed by atoms with van der Waals surface area (Å²) in [6, 6.07) is 20.8. The Labute approximate surface area is 156 Å². The van der Waals surface area contributed by atoms with Crippen LogP contribution in [0.15, 0.2) is 60.7 Å². The van der Waals surface area contributed by atoms with Crippen molar-refractivity contribution in [1.29, 1.82) is 0 Å². The van der Waals surface area contributed by atoms with Gasteiger partial charge in [-0.05, 0) is 12.8 Å². The lowest BCUT2D eigenvalue weighted by molar-refractivity contribution is -0.851. The van der Waals surface area contributed by atoms with E-state index in [0.29, 0.717) is 4.48 Å². The summed E-state index contributed by atoms with van der Waals surface area (Å²) < 4.78 is 0.401. The average molecular weight is 390 g/mol. The molecule has 3 heteroatoms. The maximum atomic E-state index is 12.1. The molecule has 2 rings (SSSR count). The van der Waals surface area contributed by atoms with Gasteiger partial charge in [0, 0.05) is 11.1 Å². The number of benzene rings is 2. The predicted molar refractivity (Wildman–Crippen MR) is 96.0 cm³/mol. The minimum absolute atomic E-state index is 0. The van der Waals surface area contributed by atoms with Crippen molar-refractivity contribution >= 4 is 6.41 Å². The third-order valence-electron chi connectivity index (χ3n) is 4.55. The van der Waals surface area contributed by atoms with E-state index in [1.165, 1.54) is 30.4 Å². The van der Waals surface area contributed by atoms with Gasteiger partial charge in [0.2, 0.25) is 0 Å². The van der Waals surface area contributed by atoms with Crippen molar-refractivity contribution in [3.8, 4) is 0 Å². The lowest BCUT2D eigenvalue weighted by atomic mass is 9.95. The average Bonchev–Trinajstić information content (AvgIpc) is 2.61. The monoisotopic (exact) mass is 389 g/mol. The first-order chi connectivity index (χ1) is 11.2. The number of hydrogen-bond donors (Lipinski definition) is 0. The largest absolute Gasteiger partial charge is 1.00 e. The van der Waals surface area contributed by atoms with Gasteiger partial charge in [-0.3, -0.25) is 4.48 Å². The predicted octanol–water partition coefficient (Wildman–Crippen LogP) is 1.96. The molecule has 130 valence electrons. The number of unbranched alkanes of at least 4 members (excludes halogenated alkanes) is 3. The lowest BCUT2D eigenvalue weighted by Gasteiger charge is -2.36. The second-order valence-electron chi connectivity index (χ2n) is 6.46. The van der Waals surface area contributed by atoms with E-state index in [0.717, 1.165) is 19.4 Å². The van der Waals surface area contributed by atoms with Crippen LogP contribution in [0.25, 0.3) is 0 Å². The fourth-order valence-electron chi connectivity index (χ4n) is 3.27. The van der Waals surface area contributed by atoms with Crippen molar-refractivity contribution in [1.82, 2.24) is 0 Å². The summed E-state index contributed by atoms with van der Waals surface area (Å²) in [6.07, 6.45) is 5.84. The highest BCUT2D eigenvalue weighted by molar-refractivity contribution is 5.41. The molecule has 1 amide bonds. The number of hydrogen-bond acceptors (Lipinski definition) is 1. The Bertz CT molecular complexity index is 548. The molecule has 0 heterocycles. The highest BCUT2D eigenvalue weighted by atomic mass is 79.9. The summed E-state index contributed by atoms with van der Waals surface area (Å²) >= 11 is 0. The molecule has 1 atom stereocenters. The molecule has 0 spiro atoms. The van der Waals surface area contributed by atoms with Gasteiger partial charge < -0.3 is 17.0 Å². The summed E-state index contributed by atoms with van der Waals surface area (Å²) in [6.45, 7) is 3.09. The fourth-order valence-corrected chi connectivity index (χ4v) is 3.27. The number of rotatable bonds is 9. The molecule has 2 aromatic carbocycles. The van der Waals surface area contributed by atoms with E-state index in [1.807, 2.05) is 12.1 Å². The first-order valence-electron chi connectivity index (χ1n) is 8.62. The number of nitrogens with zero attached hydrogens (tertiary/aromatic N) is 1. The molecule has 0 saturated heterocycles. The number of quaternary nitrogens is 1. The molecule has 0 N–H and O–H groups in total. The highest BCUT2D eigenvalue weighted by Crippen LogP contribution is 2.32. The quantitative estimate of drug-likeness (QED) is 0.364. The van der Waals surface area contributed by atoms with E-state index in [4.69, 9.17) is 0 Å². The first-order valence-corrected chi connectivity index (χ1v) is 8.62. The summed E-state index contributed by atoms with van der Waals surface area (Å²) in [7, 11) is 2.06. The van der Waals surface area contributed by atoms with E-state index in [-0.39, 0.29) is 23.0 Å². The van der Waals surface area contributed by atoms with Gasteiger partial charge in [-0.2, -0.15) is 0 Å². The van der Waals surface area contributed by atoms with E-state index in [2.05, 4.69) is 62.5 Å². The van der Waals surface area contributed by atoms with Crippen molar-refractivity contribution in [3.63, 3.8) is 0 Å². The Morgan fingerprint density at radius 1 is 0.875 bits per heavy atom. The molecule has 0 aliphatic heterocycles. The molecule has 0 aliphatic rings. The van der Waals surface area contributed by atoms with Crippen molar-refractivity contribution in [2.24, 2.45) is 0 Å². The Hall–Kier alpha value is -1.45. The van der Waals surface area contributed by atoms with Crippen LogP contribution in [0.4, 0.5) is 0 Å². The fraction of sp³-hybridized carbons (Fsp3) is 0.381. The molecule has 0 bridgehead atoms. The second-order valence-corrected chi connectivity index (χ2v) is 6.46. The van der Waals surface area contributed by atoms with Crippen LogP contribution in [0.5, 0.6) is 0 Å². The smallest absolute Gasteiger partial charge is 0.302 e. The Balaban J connectivity index is 0.00000288. The number of carbonyl (C=O) groups is 1. The maximum absolute atomic E-state index is 12.1. The van der Waals surface area contributed by atoms with E-state index >= 15 is 0 Å². The van der Waals surface area contributed by atoms with Crippen molar-refractivity contribution < 1.29 is 26.3 Å². The summed E-state index contributed by atoms with van der Waals surface area (Å²) in [5.74, 6) is 0. The van der Waals surface area contributed by atoms with Crippen LogP contribution in [0.1, 0.15) is 49.8 Å². The summed E-state index contributed by atoms with van der Waals surface area (Å²) in [4.78, 5) is 12.1. The Morgan fingerprint density at radius 2 is 1.38 bits per heavy atom. The topological polar surface area (TPSA) is 17.1 Å². The number of halogens is 1. The molecule has 2 nitrogen and oxygen atoms in total. The number of carbonyl (C=O) groups excluding carboxylic acids is 1. The van der Waals surface area contributed by atoms with Gasteiger partial charge in [-0.15, -0.1) is 0 Å². The molecule has 0 aliphatic carbocycles. The third-order valence-corrected chi connectivity index (χ3v) is 4.55. The van der Waals surface area contributed by atoms with Gasteiger partial charge in [-0.25, -0.2) is 4.79 Å². The van der Waals surface area contributed by atoms with Gasteiger partial charge >= 0.3 is 6.41 Å². The van der Waals surface area contributed by atoms with Gasteiger partial charge in [-0.1, -0.05) is 80.4 Å². The van der Waals surface area contributed by atoms with Crippen molar-refractivity contribution in [2.45, 2.75) is 38.6 Å². The minimum atomic E-state index is 0. The summed E-state index contributed by atoms with van der Waals surface area (Å²) in [5, 5.41) is 0.